The van der Waals surface area contributed by atoms with Crippen LogP contribution in [0, 0.1) is 17.5 Å². The summed E-state index contributed by atoms with van der Waals surface area (Å²) in [7, 11) is 0. The van der Waals surface area contributed by atoms with Gasteiger partial charge in [-0.2, -0.15) is 0 Å². The number of nitrogens with one attached hydrogen (secondary N) is 2. The minimum atomic E-state index is -1.62. The Morgan fingerprint density at radius 1 is 0.882 bits per heavy atom. The number of hydrogen-bond donors (Lipinski definition) is 5. The van der Waals surface area contributed by atoms with E-state index in [-0.39, 0.29) is 17.1 Å². The smallest absolute Gasteiger partial charge is 0.203 e. The molecule has 1 aliphatic rings. The van der Waals surface area contributed by atoms with Crippen molar-refractivity contribution in [2.45, 2.75) is 6.10 Å². The zero-order chi connectivity index (χ0) is 24.6. The Balaban J connectivity index is 1.87. The number of carbonyl (C=O) groups excluding carboxylic acids is 2. The number of halogens is 3. The van der Waals surface area contributed by atoms with E-state index < -0.39 is 58.4 Å². The molecule has 1 heterocycles. The van der Waals surface area contributed by atoms with Gasteiger partial charge in [0.25, 0.3) is 0 Å². The van der Waals surface area contributed by atoms with Gasteiger partial charge in [0.05, 0.1) is 23.5 Å². The third kappa shape index (κ3) is 4.24. The minimum absolute atomic E-state index is 0.113. The fraction of sp³-hybridized carbons (Fsp3) is 0.0833. The number of anilines is 2. The van der Waals surface area contributed by atoms with Crippen molar-refractivity contribution in [2.24, 2.45) is 0 Å². The van der Waals surface area contributed by atoms with Gasteiger partial charge in [0, 0.05) is 23.3 Å². The summed E-state index contributed by atoms with van der Waals surface area (Å²) in [6.07, 6.45) is -1.62. The molecule has 7 nitrogen and oxygen atoms in total. The lowest BCUT2D eigenvalue weighted by Crippen LogP contribution is -2.22. The van der Waals surface area contributed by atoms with Crippen LogP contribution in [-0.2, 0) is 0 Å². The number of rotatable bonds is 6. The lowest BCUT2D eigenvalue weighted by Gasteiger charge is -2.14. The number of benzene rings is 3. The third-order valence-corrected chi connectivity index (χ3v) is 5.16. The van der Waals surface area contributed by atoms with Gasteiger partial charge in [0.2, 0.25) is 11.6 Å². The van der Waals surface area contributed by atoms with Gasteiger partial charge in [-0.15, -0.1) is 0 Å². The summed E-state index contributed by atoms with van der Waals surface area (Å²) >= 11 is 0. The number of allylic oxidation sites excluding steroid dienone is 1. The van der Waals surface area contributed by atoms with Crippen molar-refractivity contribution in [3.05, 3.63) is 100 Å². The molecule has 5 N–H and O–H groups in total. The first kappa shape index (κ1) is 23.0. The van der Waals surface area contributed by atoms with E-state index >= 15 is 4.39 Å². The van der Waals surface area contributed by atoms with Crippen LogP contribution in [0.2, 0.25) is 0 Å². The average Bonchev–Trinajstić information content (AvgIpc) is 3.20. The number of phenols is 1. The molecule has 0 amide bonds. The topological polar surface area (TPSA) is 119 Å². The van der Waals surface area contributed by atoms with Crippen molar-refractivity contribution in [1.82, 2.24) is 0 Å². The molecular formula is C24H17F3N2O5. The summed E-state index contributed by atoms with van der Waals surface area (Å²) in [4.78, 5) is 26.7. The van der Waals surface area contributed by atoms with Crippen LogP contribution in [0.15, 0.2) is 66.0 Å². The van der Waals surface area contributed by atoms with Crippen LogP contribution in [0.5, 0.6) is 5.75 Å². The van der Waals surface area contributed by atoms with E-state index in [9.17, 15) is 28.6 Å². The molecule has 1 atom stereocenters. The molecule has 1 aliphatic heterocycles. The molecule has 0 bridgehead atoms. The van der Waals surface area contributed by atoms with Gasteiger partial charge in [-0.3, -0.25) is 9.59 Å². The molecule has 10 heteroatoms. The molecule has 174 valence electrons. The lowest BCUT2D eigenvalue weighted by atomic mass is 9.93. The first-order chi connectivity index (χ1) is 16.2. The second-order valence-corrected chi connectivity index (χ2v) is 7.45. The highest BCUT2D eigenvalue weighted by atomic mass is 19.1. The fourth-order valence-electron chi connectivity index (χ4n) is 3.55. The molecule has 0 aromatic heterocycles. The number of carbonyl (C=O) groups is 2. The molecule has 0 saturated heterocycles. The Bertz CT molecular complexity index is 1340. The maximum Gasteiger partial charge on any atom is 0.203 e. The normalized spacial score (nSPS) is 14.6. The second-order valence-electron chi connectivity index (χ2n) is 7.45. The molecular weight excluding hydrogens is 453 g/mol. The van der Waals surface area contributed by atoms with Crippen molar-refractivity contribution >= 4 is 22.9 Å². The Labute approximate surface area is 190 Å². The standard InChI is InChI=1S/C24H17F3N2O5/c25-12-6-11(7-13(26)8-12)22(33)20(24-28-17-5-4-14(31)9-18(17)29-24)23(34)16-3-1-2-15(21(16)27)19(32)10-30/h1-9,19,28-32H,10H2/b24-20+/t19-/m0/s1. The van der Waals surface area contributed by atoms with Crippen molar-refractivity contribution < 1.29 is 38.1 Å². The number of ketones is 2. The van der Waals surface area contributed by atoms with Crippen LogP contribution in [0.4, 0.5) is 24.5 Å². The number of Topliss-reactive ketones (excluding diaryl/α,β-unsaturated/α-hetero) is 2. The highest BCUT2D eigenvalue weighted by Crippen LogP contribution is 2.36. The second kappa shape index (κ2) is 9.00. The summed E-state index contributed by atoms with van der Waals surface area (Å²) in [5.41, 5.74) is -1.48. The number of aliphatic hydroxyl groups excluding tert-OH is 2. The largest absolute Gasteiger partial charge is 0.508 e. The first-order valence-electron chi connectivity index (χ1n) is 9.93. The van der Waals surface area contributed by atoms with Gasteiger partial charge in [-0.05, 0) is 30.3 Å². The molecule has 0 radical (unpaired) electrons. The van der Waals surface area contributed by atoms with E-state index in [1.165, 1.54) is 24.3 Å². The van der Waals surface area contributed by atoms with Gasteiger partial charge in [-0.25, -0.2) is 13.2 Å². The van der Waals surface area contributed by atoms with Crippen LogP contribution >= 0.6 is 0 Å². The van der Waals surface area contributed by atoms with Crippen molar-refractivity contribution in [2.75, 3.05) is 17.2 Å². The number of aliphatic hydroxyl groups is 2. The molecule has 0 fully saturated rings. The number of phenolic OH excluding ortho intramolecular Hbond substituents is 1. The van der Waals surface area contributed by atoms with Gasteiger partial charge < -0.3 is 26.0 Å². The molecule has 0 saturated carbocycles. The SMILES string of the molecule is O=C(/C(C(=O)c1cccc([C@@H](O)CO)c1F)=C1/Nc2ccc(O)cc2N1)c1cc(F)cc(F)c1. The number of aromatic hydroxyl groups is 1. The third-order valence-electron chi connectivity index (χ3n) is 5.16. The quantitative estimate of drug-likeness (QED) is 0.123. The first-order valence-corrected chi connectivity index (χ1v) is 9.93. The number of fused-ring (bicyclic) bond motifs is 1. The summed E-state index contributed by atoms with van der Waals surface area (Å²) < 4.78 is 42.7. The summed E-state index contributed by atoms with van der Waals surface area (Å²) in [6.45, 7) is -0.814. The Hall–Kier alpha value is -4.15. The fourth-order valence-corrected chi connectivity index (χ4v) is 3.55. The van der Waals surface area contributed by atoms with Crippen LogP contribution in [0.3, 0.4) is 0 Å². The molecule has 0 spiro atoms. The zero-order valence-corrected chi connectivity index (χ0v) is 17.3. The van der Waals surface area contributed by atoms with E-state index in [1.807, 2.05) is 0 Å². The van der Waals surface area contributed by atoms with Crippen LogP contribution in [-0.4, -0.2) is 33.5 Å². The molecule has 3 aromatic carbocycles. The maximum atomic E-state index is 15.1. The summed E-state index contributed by atoms with van der Waals surface area (Å²) in [5, 5.41) is 34.2. The van der Waals surface area contributed by atoms with E-state index in [0.717, 1.165) is 24.3 Å². The van der Waals surface area contributed by atoms with Crippen molar-refractivity contribution in [3.63, 3.8) is 0 Å². The van der Waals surface area contributed by atoms with E-state index in [0.29, 0.717) is 17.4 Å². The number of hydrogen-bond acceptors (Lipinski definition) is 7. The Kier molecular flexibility index (Phi) is 6.10. The molecule has 4 rings (SSSR count). The van der Waals surface area contributed by atoms with Gasteiger partial charge in [0.15, 0.2) is 0 Å². The van der Waals surface area contributed by atoms with E-state index in [4.69, 9.17) is 5.11 Å². The monoisotopic (exact) mass is 470 g/mol. The van der Waals surface area contributed by atoms with Crippen LogP contribution in [0.1, 0.15) is 32.4 Å². The summed E-state index contributed by atoms with van der Waals surface area (Å²) in [6, 6.07) is 9.61. The van der Waals surface area contributed by atoms with Gasteiger partial charge in [0.1, 0.15) is 40.7 Å². The molecule has 3 aromatic rings. The van der Waals surface area contributed by atoms with E-state index in [2.05, 4.69) is 10.6 Å². The zero-order valence-electron chi connectivity index (χ0n) is 17.3. The predicted molar refractivity (Wildman–Crippen MR) is 116 cm³/mol. The van der Waals surface area contributed by atoms with Crippen molar-refractivity contribution in [1.29, 1.82) is 0 Å². The van der Waals surface area contributed by atoms with E-state index in [1.54, 1.807) is 0 Å². The van der Waals surface area contributed by atoms with Gasteiger partial charge in [-0.1, -0.05) is 12.1 Å². The van der Waals surface area contributed by atoms with Crippen LogP contribution in [0.25, 0.3) is 0 Å². The highest BCUT2D eigenvalue weighted by molar-refractivity contribution is 6.32. The average molecular weight is 470 g/mol. The lowest BCUT2D eigenvalue weighted by molar-refractivity contribution is 0.0915. The summed E-state index contributed by atoms with van der Waals surface area (Å²) in [5.74, 6) is -5.85. The van der Waals surface area contributed by atoms with Crippen LogP contribution < -0.4 is 10.6 Å². The van der Waals surface area contributed by atoms with Gasteiger partial charge >= 0.3 is 0 Å². The van der Waals surface area contributed by atoms with Crippen molar-refractivity contribution in [3.8, 4) is 5.75 Å². The Morgan fingerprint density at radius 3 is 2.24 bits per heavy atom. The Morgan fingerprint density at radius 2 is 1.56 bits per heavy atom. The molecule has 0 aliphatic carbocycles. The molecule has 0 unspecified atom stereocenters. The minimum Gasteiger partial charge on any atom is -0.508 e. The molecule has 34 heavy (non-hydrogen) atoms. The highest BCUT2D eigenvalue weighted by Gasteiger charge is 2.32. The predicted octanol–water partition coefficient (Wildman–Crippen LogP) is 3.65. The maximum absolute atomic E-state index is 15.1.